The minimum atomic E-state index is -0.320. The number of carbonyl (C=O) groups excluding carboxylic acids is 1. The number of nitrogens with one attached hydrogen (secondary N) is 1. The van der Waals surface area contributed by atoms with Crippen molar-refractivity contribution >= 4 is 5.91 Å². The van der Waals surface area contributed by atoms with E-state index in [-0.39, 0.29) is 12.5 Å². The lowest BCUT2D eigenvalue weighted by Crippen LogP contribution is -2.28. The molecule has 1 aromatic rings. The second-order valence-corrected chi connectivity index (χ2v) is 4.31. The third-order valence-corrected chi connectivity index (χ3v) is 3.12. The minimum absolute atomic E-state index is 0.228. The molecule has 0 aliphatic carbocycles. The van der Waals surface area contributed by atoms with Crippen LogP contribution in [0.3, 0.4) is 0 Å². The molecule has 0 heterocycles. The molecule has 0 radical (unpaired) electrons. The van der Waals surface area contributed by atoms with Gasteiger partial charge in [-0.3, -0.25) is 4.79 Å². The van der Waals surface area contributed by atoms with E-state index in [1.165, 1.54) is 27.8 Å². The van der Waals surface area contributed by atoms with E-state index >= 15 is 0 Å². The largest absolute Gasteiger partial charge is 0.369 e. The molecule has 0 aliphatic rings. The summed E-state index contributed by atoms with van der Waals surface area (Å²) >= 11 is 0. The fraction of sp³-hybridized carbons (Fsp3) is 0.462. The molecular weight excluding hydrogens is 200 g/mol. The van der Waals surface area contributed by atoms with E-state index < -0.39 is 0 Å². The number of carbonyl (C=O) groups is 1. The standard InChI is InChI=1S/C13H20N2O/c1-8-5-9(2)11(4)12(10(8)3)6-15-7-13(14)16/h5,15H,6-7H2,1-4H3,(H2,14,16). The van der Waals surface area contributed by atoms with Gasteiger partial charge < -0.3 is 11.1 Å². The summed E-state index contributed by atoms with van der Waals surface area (Å²) in [7, 11) is 0. The van der Waals surface area contributed by atoms with Crippen molar-refractivity contribution in [2.75, 3.05) is 6.54 Å². The van der Waals surface area contributed by atoms with Crippen molar-refractivity contribution in [2.45, 2.75) is 34.2 Å². The van der Waals surface area contributed by atoms with Crippen LogP contribution in [0.1, 0.15) is 27.8 Å². The summed E-state index contributed by atoms with van der Waals surface area (Å²) < 4.78 is 0. The zero-order valence-electron chi connectivity index (χ0n) is 10.5. The molecule has 0 fully saturated rings. The lowest BCUT2D eigenvalue weighted by Gasteiger charge is -2.15. The fourth-order valence-corrected chi connectivity index (χ4v) is 1.87. The maximum absolute atomic E-state index is 10.7. The Morgan fingerprint density at radius 3 is 2.12 bits per heavy atom. The Morgan fingerprint density at radius 2 is 1.69 bits per heavy atom. The van der Waals surface area contributed by atoms with Crippen LogP contribution >= 0.6 is 0 Å². The molecule has 0 saturated carbocycles. The maximum Gasteiger partial charge on any atom is 0.231 e. The predicted molar refractivity (Wildman–Crippen MR) is 66.3 cm³/mol. The van der Waals surface area contributed by atoms with Crippen LogP contribution in [0.25, 0.3) is 0 Å². The summed E-state index contributed by atoms with van der Waals surface area (Å²) in [4.78, 5) is 10.7. The number of primary amides is 1. The highest BCUT2D eigenvalue weighted by Crippen LogP contribution is 2.21. The van der Waals surface area contributed by atoms with E-state index in [1.807, 2.05) is 0 Å². The molecule has 1 aromatic carbocycles. The monoisotopic (exact) mass is 220 g/mol. The number of nitrogens with two attached hydrogens (primary N) is 1. The second-order valence-electron chi connectivity index (χ2n) is 4.31. The van der Waals surface area contributed by atoms with Gasteiger partial charge in [0.15, 0.2) is 0 Å². The van der Waals surface area contributed by atoms with Crippen LogP contribution in [0.5, 0.6) is 0 Å². The van der Waals surface area contributed by atoms with Gasteiger partial charge in [0.1, 0.15) is 0 Å². The van der Waals surface area contributed by atoms with E-state index in [0.717, 1.165) is 0 Å². The van der Waals surface area contributed by atoms with Crippen LogP contribution in [-0.4, -0.2) is 12.5 Å². The quantitative estimate of drug-likeness (QED) is 0.808. The Bertz CT molecular complexity index is 385. The molecule has 0 saturated heterocycles. The smallest absolute Gasteiger partial charge is 0.231 e. The van der Waals surface area contributed by atoms with Gasteiger partial charge in [-0.2, -0.15) is 0 Å². The SMILES string of the molecule is Cc1cc(C)c(C)c(CNCC(N)=O)c1C. The Balaban J connectivity index is 2.90. The number of rotatable bonds is 4. The molecule has 0 aliphatic heterocycles. The van der Waals surface area contributed by atoms with E-state index in [0.29, 0.717) is 6.54 Å². The van der Waals surface area contributed by atoms with Gasteiger partial charge in [-0.05, 0) is 55.5 Å². The van der Waals surface area contributed by atoms with E-state index in [2.05, 4.69) is 39.1 Å². The van der Waals surface area contributed by atoms with Crippen LogP contribution < -0.4 is 11.1 Å². The third-order valence-electron chi connectivity index (χ3n) is 3.12. The summed E-state index contributed by atoms with van der Waals surface area (Å²) in [6.45, 7) is 9.37. The zero-order chi connectivity index (χ0) is 12.3. The molecule has 0 atom stereocenters. The first-order valence-electron chi connectivity index (χ1n) is 5.48. The van der Waals surface area contributed by atoms with Gasteiger partial charge in [-0.15, -0.1) is 0 Å². The third kappa shape index (κ3) is 2.83. The molecule has 3 heteroatoms. The first-order valence-corrected chi connectivity index (χ1v) is 5.48. The molecule has 0 aromatic heterocycles. The molecule has 1 amide bonds. The topological polar surface area (TPSA) is 55.1 Å². The van der Waals surface area contributed by atoms with E-state index in [4.69, 9.17) is 5.73 Å². The van der Waals surface area contributed by atoms with Gasteiger partial charge in [-0.1, -0.05) is 6.07 Å². The first kappa shape index (κ1) is 12.7. The Morgan fingerprint density at radius 1 is 1.19 bits per heavy atom. The number of hydrogen-bond donors (Lipinski definition) is 2. The Labute approximate surface area is 97.0 Å². The van der Waals surface area contributed by atoms with Crippen LogP contribution in [0.2, 0.25) is 0 Å². The van der Waals surface area contributed by atoms with Crippen molar-refractivity contribution < 1.29 is 4.79 Å². The van der Waals surface area contributed by atoms with E-state index in [9.17, 15) is 4.79 Å². The van der Waals surface area contributed by atoms with Gasteiger partial charge in [0, 0.05) is 6.54 Å². The van der Waals surface area contributed by atoms with E-state index in [1.54, 1.807) is 0 Å². The Kier molecular flexibility index (Phi) is 4.07. The molecule has 3 N–H and O–H groups in total. The van der Waals surface area contributed by atoms with Crippen LogP contribution in [0.15, 0.2) is 6.07 Å². The van der Waals surface area contributed by atoms with Gasteiger partial charge in [0.25, 0.3) is 0 Å². The normalized spacial score (nSPS) is 10.5. The van der Waals surface area contributed by atoms with Crippen LogP contribution in [-0.2, 0) is 11.3 Å². The van der Waals surface area contributed by atoms with Crippen molar-refractivity contribution in [3.8, 4) is 0 Å². The molecule has 0 spiro atoms. The van der Waals surface area contributed by atoms with Crippen LogP contribution in [0, 0.1) is 27.7 Å². The van der Waals surface area contributed by atoms with Gasteiger partial charge in [-0.25, -0.2) is 0 Å². The second kappa shape index (κ2) is 5.12. The van der Waals surface area contributed by atoms with Gasteiger partial charge in [0.05, 0.1) is 6.54 Å². The van der Waals surface area contributed by atoms with Crippen molar-refractivity contribution in [3.63, 3.8) is 0 Å². The molecular formula is C13H20N2O. The average Bonchev–Trinajstić information content (AvgIpc) is 2.20. The van der Waals surface area contributed by atoms with Crippen molar-refractivity contribution in [1.29, 1.82) is 0 Å². The highest BCUT2D eigenvalue weighted by molar-refractivity contribution is 5.75. The summed E-state index contributed by atoms with van der Waals surface area (Å²) in [5, 5.41) is 3.06. The number of hydrogen-bond acceptors (Lipinski definition) is 2. The van der Waals surface area contributed by atoms with Gasteiger partial charge >= 0.3 is 0 Å². The molecule has 0 bridgehead atoms. The number of benzene rings is 1. The summed E-state index contributed by atoms with van der Waals surface area (Å²) in [5.41, 5.74) is 11.5. The first-order chi connectivity index (χ1) is 7.43. The predicted octanol–water partition coefficient (Wildman–Crippen LogP) is 1.50. The minimum Gasteiger partial charge on any atom is -0.369 e. The summed E-state index contributed by atoms with van der Waals surface area (Å²) in [6, 6.07) is 2.20. The zero-order valence-corrected chi connectivity index (χ0v) is 10.5. The summed E-state index contributed by atoms with van der Waals surface area (Å²) in [6.07, 6.45) is 0. The fourth-order valence-electron chi connectivity index (χ4n) is 1.87. The lowest BCUT2D eigenvalue weighted by atomic mass is 9.94. The van der Waals surface area contributed by atoms with Gasteiger partial charge in [0.2, 0.25) is 5.91 Å². The molecule has 16 heavy (non-hydrogen) atoms. The average molecular weight is 220 g/mol. The van der Waals surface area contributed by atoms with Crippen LogP contribution in [0.4, 0.5) is 0 Å². The number of amides is 1. The summed E-state index contributed by atoms with van der Waals surface area (Å²) in [5.74, 6) is -0.320. The lowest BCUT2D eigenvalue weighted by molar-refractivity contribution is -0.117. The number of aryl methyl sites for hydroxylation is 2. The highest BCUT2D eigenvalue weighted by atomic mass is 16.1. The maximum atomic E-state index is 10.7. The van der Waals surface area contributed by atoms with Crippen molar-refractivity contribution in [2.24, 2.45) is 5.73 Å². The molecule has 88 valence electrons. The molecule has 0 unspecified atom stereocenters. The Hall–Kier alpha value is -1.35. The molecule has 3 nitrogen and oxygen atoms in total. The van der Waals surface area contributed by atoms with Crippen molar-refractivity contribution in [1.82, 2.24) is 5.32 Å². The molecule has 1 rings (SSSR count). The highest BCUT2D eigenvalue weighted by Gasteiger charge is 2.08. The van der Waals surface area contributed by atoms with Crippen molar-refractivity contribution in [3.05, 3.63) is 33.9 Å².